The fourth-order valence-corrected chi connectivity index (χ4v) is 2.41. The average Bonchev–Trinajstić information content (AvgIpc) is 2.31. The summed E-state index contributed by atoms with van der Waals surface area (Å²) in [6, 6.07) is 0.647. The van der Waals surface area contributed by atoms with Crippen molar-refractivity contribution in [3.63, 3.8) is 0 Å². The number of rotatable bonds is 6. The van der Waals surface area contributed by atoms with E-state index < -0.39 is 0 Å². The van der Waals surface area contributed by atoms with Crippen molar-refractivity contribution in [3.8, 4) is 0 Å². The van der Waals surface area contributed by atoms with Crippen LogP contribution in [-0.2, 0) is 4.74 Å². The van der Waals surface area contributed by atoms with E-state index in [1.54, 1.807) is 0 Å². The van der Waals surface area contributed by atoms with Crippen molar-refractivity contribution < 1.29 is 4.74 Å². The Bertz CT molecular complexity index is 220. The fourth-order valence-electron chi connectivity index (χ4n) is 2.41. The number of piperazine rings is 1. The van der Waals surface area contributed by atoms with Gasteiger partial charge in [-0.15, -0.1) is 0 Å². The van der Waals surface area contributed by atoms with Crippen molar-refractivity contribution in [2.45, 2.75) is 65.1 Å². The number of hydrogen-bond acceptors (Lipinski definition) is 3. The van der Waals surface area contributed by atoms with E-state index in [1.165, 1.54) is 12.8 Å². The standard InChI is InChI=1S/C14H30N2O/c1-6-13-10-16(8-9-17-12(3)4)14(5,7-2)11-15-13/h12-13,15H,6-11H2,1-5H3. The van der Waals surface area contributed by atoms with Crippen molar-refractivity contribution in [1.29, 1.82) is 0 Å². The summed E-state index contributed by atoms with van der Waals surface area (Å²) in [6.07, 6.45) is 2.74. The van der Waals surface area contributed by atoms with Crippen LogP contribution in [0.1, 0.15) is 47.5 Å². The van der Waals surface area contributed by atoms with E-state index in [1.807, 2.05) is 0 Å². The Morgan fingerprint density at radius 2 is 2.12 bits per heavy atom. The maximum absolute atomic E-state index is 5.69. The van der Waals surface area contributed by atoms with E-state index in [2.05, 4.69) is 44.8 Å². The largest absolute Gasteiger partial charge is 0.377 e. The highest BCUT2D eigenvalue weighted by atomic mass is 16.5. The quantitative estimate of drug-likeness (QED) is 0.773. The molecule has 3 nitrogen and oxygen atoms in total. The molecular formula is C14H30N2O. The second kappa shape index (κ2) is 6.72. The SMILES string of the molecule is CCC1CN(CCOC(C)C)C(C)(CC)CN1. The Labute approximate surface area is 107 Å². The van der Waals surface area contributed by atoms with Crippen molar-refractivity contribution in [3.05, 3.63) is 0 Å². The predicted molar refractivity (Wildman–Crippen MR) is 73.4 cm³/mol. The summed E-state index contributed by atoms with van der Waals surface area (Å²) in [4.78, 5) is 2.61. The van der Waals surface area contributed by atoms with Gasteiger partial charge in [-0.25, -0.2) is 0 Å². The van der Waals surface area contributed by atoms with E-state index in [9.17, 15) is 0 Å². The first-order valence-electron chi connectivity index (χ1n) is 7.12. The number of nitrogens with zero attached hydrogens (tertiary/aromatic N) is 1. The molecule has 1 N–H and O–H groups in total. The van der Waals surface area contributed by atoms with Crippen molar-refractivity contribution in [1.82, 2.24) is 10.2 Å². The summed E-state index contributed by atoms with van der Waals surface area (Å²) in [5.41, 5.74) is 0.298. The van der Waals surface area contributed by atoms with Crippen molar-refractivity contribution in [2.75, 3.05) is 26.2 Å². The first-order valence-corrected chi connectivity index (χ1v) is 7.12. The minimum atomic E-state index is 0.298. The van der Waals surface area contributed by atoms with Crippen LogP contribution in [0.4, 0.5) is 0 Å². The molecule has 2 atom stereocenters. The number of ether oxygens (including phenoxy) is 1. The highest BCUT2D eigenvalue weighted by Gasteiger charge is 2.35. The smallest absolute Gasteiger partial charge is 0.0597 e. The molecule has 0 aliphatic carbocycles. The molecule has 2 unspecified atom stereocenters. The van der Waals surface area contributed by atoms with Crippen LogP contribution in [-0.4, -0.2) is 48.8 Å². The third kappa shape index (κ3) is 4.23. The van der Waals surface area contributed by atoms with Gasteiger partial charge in [0, 0.05) is 31.2 Å². The minimum absolute atomic E-state index is 0.298. The summed E-state index contributed by atoms with van der Waals surface area (Å²) in [7, 11) is 0. The molecule has 102 valence electrons. The monoisotopic (exact) mass is 242 g/mol. The van der Waals surface area contributed by atoms with Gasteiger partial charge >= 0.3 is 0 Å². The van der Waals surface area contributed by atoms with Gasteiger partial charge in [0.05, 0.1) is 12.7 Å². The maximum Gasteiger partial charge on any atom is 0.0597 e. The lowest BCUT2D eigenvalue weighted by Crippen LogP contribution is -2.63. The summed E-state index contributed by atoms with van der Waals surface area (Å²) in [5, 5.41) is 3.66. The average molecular weight is 242 g/mol. The van der Waals surface area contributed by atoms with Gasteiger partial charge in [-0.2, -0.15) is 0 Å². The molecule has 1 heterocycles. The van der Waals surface area contributed by atoms with Gasteiger partial charge in [0.25, 0.3) is 0 Å². The minimum Gasteiger partial charge on any atom is -0.377 e. The van der Waals surface area contributed by atoms with Crippen LogP contribution in [0, 0.1) is 0 Å². The van der Waals surface area contributed by atoms with Gasteiger partial charge < -0.3 is 10.1 Å². The van der Waals surface area contributed by atoms with Crippen LogP contribution >= 0.6 is 0 Å². The lowest BCUT2D eigenvalue weighted by Gasteiger charge is -2.48. The van der Waals surface area contributed by atoms with Crippen molar-refractivity contribution >= 4 is 0 Å². The van der Waals surface area contributed by atoms with Crippen LogP contribution < -0.4 is 5.32 Å². The molecule has 0 bridgehead atoms. The molecule has 1 aliphatic heterocycles. The van der Waals surface area contributed by atoms with E-state index in [-0.39, 0.29) is 0 Å². The molecule has 0 amide bonds. The normalized spacial score (nSPS) is 31.1. The Morgan fingerprint density at radius 1 is 1.41 bits per heavy atom. The zero-order valence-electron chi connectivity index (χ0n) is 12.3. The van der Waals surface area contributed by atoms with Gasteiger partial charge in [0.15, 0.2) is 0 Å². The Balaban J connectivity index is 2.49. The van der Waals surface area contributed by atoms with E-state index in [0.29, 0.717) is 17.7 Å². The lowest BCUT2D eigenvalue weighted by molar-refractivity contribution is 0.00197. The molecule has 0 spiro atoms. The zero-order chi connectivity index (χ0) is 12.9. The molecular weight excluding hydrogens is 212 g/mol. The Morgan fingerprint density at radius 3 is 2.65 bits per heavy atom. The third-order valence-electron chi connectivity index (χ3n) is 4.04. The molecule has 17 heavy (non-hydrogen) atoms. The Kier molecular flexibility index (Phi) is 5.90. The molecule has 1 aliphatic rings. The van der Waals surface area contributed by atoms with E-state index in [0.717, 1.165) is 26.2 Å². The molecule has 1 rings (SSSR count). The molecule has 0 saturated carbocycles. The van der Waals surface area contributed by atoms with Gasteiger partial charge in [-0.1, -0.05) is 13.8 Å². The molecule has 0 radical (unpaired) electrons. The molecule has 1 fully saturated rings. The first-order chi connectivity index (χ1) is 8.01. The first kappa shape index (κ1) is 14.9. The number of nitrogens with one attached hydrogen (secondary N) is 1. The fraction of sp³-hybridized carbons (Fsp3) is 1.00. The molecule has 1 saturated heterocycles. The molecule has 0 aromatic heterocycles. The predicted octanol–water partition coefficient (Wildman–Crippen LogP) is 2.26. The molecule has 0 aromatic carbocycles. The highest BCUT2D eigenvalue weighted by molar-refractivity contribution is 4.94. The van der Waals surface area contributed by atoms with Gasteiger partial charge in [-0.05, 0) is 33.6 Å². The van der Waals surface area contributed by atoms with Crippen LogP contribution in [0.3, 0.4) is 0 Å². The molecule has 0 aromatic rings. The second-order valence-corrected chi connectivity index (χ2v) is 5.70. The maximum atomic E-state index is 5.69. The van der Waals surface area contributed by atoms with Crippen LogP contribution in [0.15, 0.2) is 0 Å². The van der Waals surface area contributed by atoms with Crippen LogP contribution in [0.2, 0.25) is 0 Å². The highest BCUT2D eigenvalue weighted by Crippen LogP contribution is 2.23. The van der Waals surface area contributed by atoms with Crippen LogP contribution in [0.5, 0.6) is 0 Å². The third-order valence-corrected chi connectivity index (χ3v) is 4.04. The lowest BCUT2D eigenvalue weighted by atomic mass is 9.91. The summed E-state index contributed by atoms with van der Waals surface area (Å²) in [5.74, 6) is 0. The number of hydrogen-bond donors (Lipinski definition) is 1. The topological polar surface area (TPSA) is 24.5 Å². The zero-order valence-corrected chi connectivity index (χ0v) is 12.3. The summed E-state index contributed by atoms with van der Waals surface area (Å²) < 4.78 is 5.69. The van der Waals surface area contributed by atoms with Gasteiger partial charge in [-0.3, -0.25) is 4.90 Å². The van der Waals surface area contributed by atoms with E-state index >= 15 is 0 Å². The van der Waals surface area contributed by atoms with Gasteiger partial charge in [0.1, 0.15) is 0 Å². The molecule has 3 heteroatoms. The van der Waals surface area contributed by atoms with Gasteiger partial charge in [0.2, 0.25) is 0 Å². The van der Waals surface area contributed by atoms with E-state index in [4.69, 9.17) is 4.74 Å². The van der Waals surface area contributed by atoms with Crippen molar-refractivity contribution in [2.24, 2.45) is 0 Å². The second-order valence-electron chi connectivity index (χ2n) is 5.70. The summed E-state index contributed by atoms with van der Waals surface area (Å²) >= 11 is 0. The Hall–Kier alpha value is -0.120. The van der Waals surface area contributed by atoms with Crippen LogP contribution in [0.25, 0.3) is 0 Å². The summed E-state index contributed by atoms with van der Waals surface area (Å²) in [6.45, 7) is 15.3.